The summed E-state index contributed by atoms with van der Waals surface area (Å²) in [5.41, 5.74) is 0.339. The maximum Gasteiger partial charge on any atom is 0.243 e. The molecule has 1 heterocycles. The summed E-state index contributed by atoms with van der Waals surface area (Å²) in [7, 11) is -3.96. The van der Waals surface area contributed by atoms with Crippen LogP contribution in [-0.2, 0) is 23.2 Å². The minimum absolute atomic E-state index is 0.0847. The zero-order chi connectivity index (χ0) is 14.8. The molecule has 0 amide bonds. The fraction of sp³-hybridized carbons (Fsp3) is 0.167. The molecule has 0 aliphatic rings. The predicted molar refractivity (Wildman–Crippen MR) is 78.4 cm³/mol. The number of rotatable bonds is 5. The lowest BCUT2D eigenvalue weighted by Gasteiger charge is -2.08. The van der Waals surface area contributed by atoms with Gasteiger partial charge in [0.15, 0.2) is 0 Å². The maximum atomic E-state index is 13.6. The van der Waals surface area contributed by atoms with Gasteiger partial charge in [-0.05, 0) is 39.7 Å². The second kappa shape index (κ2) is 6.31. The molecule has 0 aliphatic heterocycles. The molecule has 2 aromatic rings. The number of halogens is 2. The van der Waals surface area contributed by atoms with Crippen molar-refractivity contribution in [1.82, 2.24) is 4.72 Å². The van der Waals surface area contributed by atoms with Crippen LogP contribution in [-0.4, -0.2) is 13.5 Å². The highest BCUT2D eigenvalue weighted by Crippen LogP contribution is 2.21. The van der Waals surface area contributed by atoms with Crippen LogP contribution in [0.25, 0.3) is 0 Å². The molecule has 1 aromatic carbocycles. The minimum Gasteiger partial charge on any atom is -0.392 e. The molecule has 0 fully saturated rings. The fourth-order valence-corrected chi connectivity index (χ4v) is 4.16. The van der Waals surface area contributed by atoms with E-state index in [1.807, 2.05) is 5.38 Å². The Kier molecular flexibility index (Phi) is 4.92. The van der Waals surface area contributed by atoms with Crippen molar-refractivity contribution in [3.05, 3.63) is 50.4 Å². The van der Waals surface area contributed by atoms with Gasteiger partial charge in [0, 0.05) is 21.3 Å². The van der Waals surface area contributed by atoms with Crippen molar-refractivity contribution in [3.63, 3.8) is 0 Å². The molecule has 8 heteroatoms. The van der Waals surface area contributed by atoms with Crippen molar-refractivity contribution in [3.8, 4) is 0 Å². The van der Waals surface area contributed by atoms with E-state index in [2.05, 4.69) is 20.7 Å². The van der Waals surface area contributed by atoms with Gasteiger partial charge < -0.3 is 5.11 Å². The lowest BCUT2D eigenvalue weighted by molar-refractivity contribution is 0.281. The van der Waals surface area contributed by atoms with Crippen molar-refractivity contribution >= 4 is 37.3 Å². The van der Waals surface area contributed by atoms with Crippen molar-refractivity contribution in [2.24, 2.45) is 0 Å². The first kappa shape index (κ1) is 15.6. The summed E-state index contributed by atoms with van der Waals surface area (Å²) < 4.78 is 41.0. The topological polar surface area (TPSA) is 66.4 Å². The van der Waals surface area contributed by atoms with Crippen LogP contribution in [0.5, 0.6) is 0 Å². The fourth-order valence-electron chi connectivity index (χ4n) is 1.54. The highest BCUT2D eigenvalue weighted by Gasteiger charge is 2.19. The van der Waals surface area contributed by atoms with Gasteiger partial charge >= 0.3 is 0 Å². The highest BCUT2D eigenvalue weighted by atomic mass is 79.9. The molecule has 0 unspecified atom stereocenters. The Morgan fingerprint density at radius 3 is 2.70 bits per heavy atom. The SMILES string of the molecule is O=S(=O)(NCc1cc(Br)cs1)c1cc(CO)ccc1F. The Hall–Kier alpha value is -0.800. The van der Waals surface area contributed by atoms with E-state index in [1.165, 1.54) is 17.4 Å². The lowest BCUT2D eigenvalue weighted by Crippen LogP contribution is -2.24. The van der Waals surface area contributed by atoms with Gasteiger partial charge in [0.1, 0.15) is 10.7 Å². The standard InChI is InChI=1S/C12H11BrFNO3S2/c13-9-4-10(19-7-9)5-15-20(17,18)12-3-8(6-16)1-2-11(12)14/h1-4,7,15-16H,5-6H2. The van der Waals surface area contributed by atoms with Crippen LogP contribution in [0.4, 0.5) is 4.39 Å². The van der Waals surface area contributed by atoms with Crippen LogP contribution in [0, 0.1) is 5.82 Å². The Labute approximate surface area is 128 Å². The van der Waals surface area contributed by atoms with E-state index in [9.17, 15) is 12.8 Å². The van der Waals surface area contributed by atoms with Gasteiger partial charge in [0.25, 0.3) is 0 Å². The van der Waals surface area contributed by atoms with E-state index < -0.39 is 20.7 Å². The number of sulfonamides is 1. The smallest absolute Gasteiger partial charge is 0.243 e. The first-order chi connectivity index (χ1) is 9.42. The molecular weight excluding hydrogens is 369 g/mol. The van der Waals surface area contributed by atoms with E-state index in [-0.39, 0.29) is 13.2 Å². The van der Waals surface area contributed by atoms with Gasteiger partial charge in [0.05, 0.1) is 6.61 Å². The van der Waals surface area contributed by atoms with Gasteiger partial charge in [-0.2, -0.15) is 0 Å². The number of benzene rings is 1. The van der Waals surface area contributed by atoms with Crippen LogP contribution in [0.15, 0.2) is 39.0 Å². The zero-order valence-corrected chi connectivity index (χ0v) is 13.4. The quantitative estimate of drug-likeness (QED) is 0.838. The van der Waals surface area contributed by atoms with Crippen molar-refractivity contribution in [2.75, 3.05) is 0 Å². The first-order valence-corrected chi connectivity index (χ1v) is 8.70. The Morgan fingerprint density at radius 1 is 1.35 bits per heavy atom. The summed E-state index contributed by atoms with van der Waals surface area (Å²) in [5.74, 6) is -0.845. The molecular formula is C12H11BrFNO3S2. The zero-order valence-electron chi connectivity index (χ0n) is 10.1. The van der Waals surface area contributed by atoms with E-state index in [4.69, 9.17) is 5.11 Å². The maximum absolute atomic E-state index is 13.6. The average Bonchev–Trinajstić information content (AvgIpc) is 2.83. The van der Waals surface area contributed by atoms with E-state index in [1.54, 1.807) is 6.07 Å². The third-order valence-corrected chi connectivity index (χ3v) is 5.64. The summed E-state index contributed by atoms with van der Waals surface area (Å²) in [4.78, 5) is 0.346. The van der Waals surface area contributed by atoms with Crippen molar-refractivity contribution in [1.29, 1.82) is 0 Å². The largest absolute Gasteiger partial charge is 0.392 e. The second-order valence-electron chi connectivity index (χ2n) is 3.98. The van der Waals surface area contributed by atoms with Gasteiger partial charge in [0.2, 0.25) is 10.0 Å². The van der Waals surface area contributed by atoms with Gasteiger partial charge in [-0.1, -0.05) is 6.07 Å². The van der Waals surface area contributed by atoms with Crippen LogP contribution in [0.1, 0.15) is 10.4 Å². The molecule has 0 saturated carbocycles. The summed E-state index contributed by atoms with van der Waals surface area (Å²) in [6, 6.07) is 5.28. The molecule has 20 heavy (non-hydrogen) atoms. The number of hydrogen-bond donors (Lipinski definition) is 2. The van der Waals surface area contributed by atoms with Crippen molar-refractivity contribution < 1.29 is 17.9 Å². The molecule has 2 N–H and O–H groups in total. The highest BCUT2D eigenvalue weighted by molar-refractivity contribution is 9.10. The number of hydrogen-bond acceptors (Lipinski definition) is 4. The van der Waals surface area contributed by atoms with E-state index in [0.29, 0.717) is 5.56 Å². The molecule has 0 spiro atoms. The van der Waals surface area contributed by atoms with Gasteiger partial charge in [-0.25, -0.2) is 17.5 Å². The van der Waals surface area contributed by atoms with E-state index >= 15 is 0 Å². The number of aliphatic hydroxyl groups excluding tert-OH is 1. The predicted octanol–water partition coefficient (Wildman–Crippen LogP) is 2.62. The molecule has 0 atom stereocenters. The average molecular weight is 380 g/mol. The summed E-state index contributed by atoms with van der Waals surface area (Å²) in [6.07, 6.45) is 0. The Balaban J connectivity index is 2.21. The molecule has 0 bridgehead atoms. The second-order valence-corrected chi connectivity index (χ2v) is 7.63. The van der Waals surface area contributed by atoms with Crippen LogP contribution >= 0.6 is 27.3 Å². The number of thiophene rings is 1. The molecule has 108 valence electrons. The minimum atomic E-state index is -3.96. The Morgan fingerprint density at radius 2 is 2.10 bits per heavy atom. The van der Waals surface area contributed by atoms with Crippen LogP contribution in [0.2, 0.25) is 0 Å². The lowest BCUT2D eigenvalue weighted by atomic mass is 10.2. The third kappa shape index (κ3) is 3.64. The Bertz CT molecular complexity index is 715. The third-order valence-electron chi connectivity index (χ3n) is 2.53. The number of nitrogens with one attached hydrogen (secondary N) is 1. The molecule has 0 saturated heterocycles. The number of aliphatic hydroxyl groups is 1. The van der Waals surface area contributed by atoms with Gasteiger partial charge in [-0.3, -0.25) is 0 Å². The molecule has 0 aliphatic carbocycles. The van der Waals surface area contributed by atoms with Crippen LogP contribution < -0.4 is 4.72 Å². The first-order valence-electron chi connectivity index (χ1n) is 5.54. The van der Waals surface area contributed by atoms with Crippen molar-refractivity contribution in [2.45, 2.75) is 18.0 Å². The molecule has 1 aromatic heterocycles. The summed E-state index contributed by atoms with van der Waals surface area (Å²) in [6.45, 7) is -0.262. The summed E-state index contributed by atoms with van der Waals surface area (Å²) in [5, 5.41) is 10.8. The molecule has 4 nitrogen and oxygen atoms in total. The monoisotopic (exact) mass is 379 g/mol. The van der Waals surface area contributed by atoms with Crippen LogP contribution in [0.3, 0.4) is 0 Å². The van der Waals surface area contributed by atoms with E-state index in [0.717, 1.165) is 21.5 Å². The molecule has 0 radical (unpaired) electrons. The molecule has 2 rings (SSSR count). The normalized spacial score (nSPS) is 11.8. The van der Waals surface area contributed by atoms with Gasteiger partial charge in [-0.15, -0.1) is 11.3 Å². The summed E-state index contributed by atoms with van der Waals surface area (Å²) >= 11 is 4.66.